The highest BCUT2D eigenvalue weighted by Gasteiger charge is 2.26. The van der Waals surface area contributed by atoms with Gasteiger partial charge in [-0.05, 0) is 55.6 Å². The van der Waals surface area contributed by atoms with Crippen LogP contribution in [-0.4, -0.2) is 13.2 Å². The van der Waals surface area contributed by atoms with Gasteiger partial charge in [-0.2, -0.15) is 0 Å². The molecule has 0 aromatic heterocycles. The van der Waals surface area contributed by atoms with Crippen molar-refractivity contribution in [3.63, 3.8) is 0 Å². The molecule has 0 aliphatic rings. The Labute approximate surface area is 181 Å². The Morgan fingerprint density at radius 1 is 0.966 bits per heavy atom. The molecule has 1 aromatic rings. The van der Waals surface area contributed by atoms with Crippen LogP contribution in [-0.2, 0) is 5.41 Å². The first-order chi connectivity index (χ1) is 13.8. The Hall–Kier alpha value is -1.44. The van der Waals surface area contributed by atoms with Crippen LogP contribution >= 0.6 is 0 Å². The first kappa shape index (κ1) is 25.6. The summed E-state index contributed by atoms with van der Waals surface area (Å²) in [7, 11) is 1.77. The summed E-state index contributed by atoms with van der Waals surface area (Å²) >= 11 is 0. The van der Waals surface area contributed by atoms with Gasteiger partial charge in [-0.25, -0.2) is 0 Å². The first-order valence-corrected chi connectivity index (χ1v) is 11.9. The number of allylic oxidation sites excluding steroid dienone is 1. The van der Waals surface area contributed by atoms with E-state index in [0.717, 1.165) is 36.3 Å². The Kier molecular flexibility index (Phi) is 11.5. The van der Waals surface area contributed by atoms with Gasteiger partial charge in [0.05, 0.1) is 13.2 Å². The summed E-state index contributed by atoms with van der Waals surface area (Å²) in [6, 6.07) is 4.42. The van der Waals surface area contributed by atoms with E-state index >= 15 is 0 Å². The predicted molar refractivity (Wildman–Crippen MR) is 128 cm³/mol. The minimum absolute atomic E-state index is 0.0437. The van der Waals surface area contributed by atoms with Gasteiger partial charge in [0.2, 0.25) is 0 Å². The molecule has 1 rings (SSSR count). The molecule has 0 aliphatic carbocycles. The third-order valence-corrected chi connectivity index (χ3v) is 6.17. The molecule has 0 fully saturated rings. The van der Waals surface area contributed by atoms with E-state index in [0.29, 0.717) is 5.92 Å². The maximum absolute atomic E-state index is 6.63. The van der Waals surface area contributed by atoms with Gasteiger partial charge >= 0.3 is 0 Å². The van der Waals surface area contributed by atoms with Crippen LogP contribution < -0.4 is 9.47 Å². The molecule has 0 N–H and O–H groups in total. The van der Waals surface area contributed by atoms with Crippen molar-refractivity contribution in [3.05, 3.63) is 29.3 Å². The van der Waals surface area contributed by atoms with Crippen LogP contribution in [0, 0.1) is 5.92 Å². The molecule has 29 heavy (non-hydrogen) atoms. The highest BCUT2D eigenvalue weighted by atomic mass is 16.5. The fraction of sp³-hybridized carbons (Fsp3) is 0.704. The Morgan fingerprint density at radius 2 is 1.69 bits per heavy atom. The van der Waals surface area contributed by atoms with Gasteiger partial charge < -0.3 is 9.47 Å². The lowest BCUT2D eigenvalue weighted by Crippen LogP contribution is -2.21. The standard InChI is InChI=1S/C27H46O2/c1-9-13-14-16-23(11-3)29-26-19-22(18-17-21(5)15-10-2)25(28-8)20-24(26)27(6,7)12-4/h17-21,23H,9-16H2,1-8H3/b18-17+. The summed E-state index contributed by atoms with van der Waals surface area (Å²) in [5.74, 6) is 2.54. The average Bonchev–Trinajstić information content (AvgIpc) is 2.71. The summed E-state index contributed by atoms with van der Waals surface area (Å²) in [5.41, 5.74) is 2.41. The van der Waals surface area contributed by atoms with E-state index < -0.39 is 0 Å². The molecule has 2 atom stereocenters. The number of unbranched alkanes of at least 4 members (excludes halogenated alkanes) is 2. The molecule has 2 heteroatoms. The highest BCUT2D eigenvalue weighted by Crippen LogP contribution is 2.40. The van der Waals surface area contributed by atoms with Crippen molar-refractivity contribution in [2.24, 2.45) is 5.92 Å². The molecule has 166 valence electrons. The molecule has 2 nitrogen and oxygen atoms in total. The van der Waals surface area contributed by atoms with Crippen LogP contribution in [0.2, 0.25) is 0 Å². The van der Waals surface area contributed by atoms with Crippen molar-refractivity contribution >= 4 is 6.08 Å². The quantitative estimate of drug-likeness (QED) is 0.290. The van der Waals surface area contributed by atoms with Gasteiger partial charge in [-0.3, -0.25) is 0 Å². The minimum Gasteiger partial charge on any atom is -0.496 e. The fourth-order valence-corrected chi connectivity index (χ4v) is 3.67. The number of rotatable bonds is 14. The van der Waals surface area contributed by atoms with Crippen LogP contribution in [0.25, 0.3) is 6.08 Å². The second-order valence-corrected chi connectivity index (χ2v) is 9.10. The van der Waals surface area contributed by atoms with Crippen LogP contribution in [0.1, 0.15) is 111 Å². The Morgan fingerprint density at radius 3 is 2.24 bits per heavy atom. The molecule has 0 spiro atoms. The zero-order valence-corrected chi connectivity index (χ0v) is 20.4. The normalized spacial score (nSPS) is 14.2. The zero-order chi connectivity index (χ0) is 21.9. The smallest absolute Gasteiger partial charge is 0.126 e. The summed E-state index contributed by atoms with van der Waals surface area (Å²) < 4.78 is 12.4. The van der Waals surface area contributed by atoms with Crippen LogP contribution in [0.5, 0.6) is 11.5 Å². The van der Waals surface area contributed by atoms with Crippen molar-refractivity contribution < 1.29 is 9.47 Å². The Balaban J connectivity index is 3.31. The van der Waals surface area contributed by atoms with Crippen molar-refractivity contribution in [3.8, 4) is 11.5 Å². The van der Waals surface area contributed by atoms with Crippen molar-refractivity contribution in [2.45, 2.75) is 111 Å². The van der Waals surface area contributed by atoms with Crippen molar-refractivity contribution in [2.75, 3.05) is 7.11 Å². The second-order valence-electron chi connectivity index (χ2n) is 9.10. The lowest BCUT2D eigenvalue weighted by Gasteiger charge is -2.29. The lowest BCUT2D eigenvalue weighted by molar-refractivity contribution is 0.178. The molecular formula is C27H46O2. The van der Waals surface area contributed by atoms with E-state index in [1.165, 1.54) is 37.7 Å². The van der Waals surface area contributed by atoms with Crippen molar-refractivity contribution in [1.82, 2.24) is 0 Å². The SMILES string of the molecule is CCCCCC(CC)Oc1cc(/C=C/C(C)CCC)c(OC)cc1C(C)(C)CC. The highest BCUT2D eigenvalue weighted by molar-refractivity contribution is 5.63. The minimum atomic E-state index is 0.0437. The van der Waals surface area contributed by atoms with Gasteiger partial charge in [-0.15, -0.1) is 0 Å². The molecule has 0 saturated carbocycles. The van der Waals surface area contributed by atoms with E-state index in [1.807, 2.05) is 0 Å². The molecule has 0 heterocycles. The van der Waals surface area contributed by atoms with Gasteiger partial charge in [0.25, 0.3) is 0 Å². The Bertz CT molecular complexity index is 615. The number of ether oxygens (including phenoxy) is 2. The monoisotopic (exact) mass is 402 g/mol. The molecule has 0 saturated heterocycles. The fourth-order valence-electron chi connectivity index (χ4n) is 3.67. The summed E-state index contributed by atoms with van der Waals surface area (Å²) in [4.78, 5) is 0. The van der Waals surface area contributed by atoms with Gasteiger partial charge in [0.15, 0.2) is 0 Å². The number of hydrogen-bond acceptors (Lipinski definition) is 2. The van der Waals surface area contributed by atoms with Crippen LogP contribution in [0.4, 0.5) is 0 Å². The predicted octanol–water partition coefficient (Wildman–Crippen LogP) is 8.57. The van der Waals surface area contributed by atoms with E-state index in [9.17, 15) is 0 Å². The number of hydrogen-bond donors (Lipinski definition) is 0. The second kappa shape index (κ2) is 13.0. The summed E-state index contributed by atoms with van der Waals surface area (Å²) in [6.45, 7) is 15.8. The third kappa shape index (κ3) is 8.07. The number of methoxy groups -OCH3 is 1. The zero-order valence-electron chi connectivity index (χ0n) is 20.4. The van der Waals surface area contributed by atoms with E-state index in [2.05, 4.69) is 72.8 Å². The largest absolute Gasteiger partial charge is 0.496 e. The van der Waals surface area contributed by atoms with Gasteiger partial charge in [-0.1, -0.05) is 79.9 Å². The van der Waals surface area contributed by atoms with Crippen LogP contribution in [0.3, 0.4) is 0 Å². The van der Waals surface area contributed by atoms with Gasteiger partial charge in [0.1, 0.15) is 11.5 Å². The molecule has 0 aliphatic heterocycles. The molecule has 0 amide bonds. The van der Waals surface area contributed by atoms with Gasteiger partial charge in [0, 0.05) is 11.1 Å². The first-order valence-electron chi connectivity index (χ1n) is 11.9. The lowest BCUT2D eigenvalue weighted by atomic mass is 9.81. The maximum atomic E-state index is 6.63. The van der Waals surface area contributed by atoms with E-state index in [1.54, 1.807) is 7.11 Å². The summed E-state index contributed by atoms with van der Waals surface area (Å²) in [6.07, 6.45) is 14.2. The average molecular weight is 403 g/mol. The molecule has 0 bridgehead atoms. The topological polar surface area (TPSA) is 18.5 Å². The van der Waals surface area contributed by atoms with E-state index in [4.69, 9.17) is 9.47 Å². The third-order valence-electron chi connectivity index (χ3n) is 6.17. The summed E-state index contributed by atoms with van der Waals surface area (Å²) in [5, 5.41) is 0. The maximum Gasteiger partial charge on any atom is 0.126 e. The van der Waals surface area contributed by atoms with Crippen LogP contribution in [0.15, 0.2) is 18.2 Å². The number of benzene rings is 1. The molecular weight excluding hydrogens is 356 g/mol. The molecule has 1 aromatic carbocycles. The molecule has 0 radical (unpaired) electrons. The molecule has 2 unspecified atom stereocenters. The van der Waals surface area contributed by atoms with E-state index in [-0.39, 0.29) is 11.5 Å². The van der Waals surface area contributed by atoms with Crippen molar-refractivity contribution in [1.29, 1.82) is 0 Å².